The van der Waals surface area contributed by atoms with Crippen LogP contribution in [0.3, 0.4) is 0 Å². The maximum atomic E-state index is 13.2. The molecule has 3 rings (SSSR count). The summed E-state index contributed by atoms with van der Waals surface area (Å²) in [7, 11) is 0. The monoisotopic (exact) mass is 300 g/mol. The average Bonchev–Trinajstić information content (AvgIpc) is 2.48. The van der Waals surface area contributed by atoms with Crippen molar-refractivity contribution in [3.63, 3.8) is 0 Å². The number of para-hydroxylation sites is 1. The highest BCUT2D eigenvalue weighted by atomic mass is 35.5. The Morgan fingerprint density at radius 2 is 1.95 bits per heavy atom. The molecule has 2 nitrogen and oxygen atoms in total. The van der Waals surface area contributed by atoms with E-state index in [2.05, 4.69) is 10.3 Å². The van der Waals surface area contributed by atoms with Gasteiger partial charge < -0.3 is 5.32 Å². The van der Waals surface area contributed by atoms with Crippen molar-refractivity contribution in [1.82, 2.24) is 4.98 Å². The summed E-state index contributed by atoms with van der Waals surface area (Å²) in [5.74, 6) is -0.398. The lowest BCUT2D eigenvalue weighted by Gasteiger charge is -2.11. The summed E-state index contributed by atoms with van der Waals surface area (Å²) in [4.78, 5) is 4.51. The standard InChI is InChI=1S/C17H14ClFN2/c1-11-8-17(13-4-2-3-5-16(13)21-11)20-10-12-6-7-15(19)14(18)9-12/h2-9H,10H2,1H3,(H,20,21). The second-order valence-electron chi connectivity index (χ2n) is 4.93. The van der Waals surface area contributed by atoms with E-state index in [4.69, 9.17) is 11.6 Å². The minimum atomic E-state index is -0.398. The Balaban J connectivity index is 1.89. The Labute approximate surface area is 127 Å². The fourth-order valence-electron chi connectivity index (χ4n) is 2.30. The highest BCUT2D eigenvalue weighted by Crippen LogP contribution is 2.24. The Kier molecular flexibility index (Phi) is 3.76. The van der Waals surface area contributed by atoms with Crippen LogP contribution in [0.5, 0.6) is 0 Å². The van der Waals surface area contributed by atoms with Gasteiger partial charge in [-0.15, -0.1) is 0 Å². The van der Waals surface area contributed by atoms with Crippen molar-refractivity contribution in [2.45, 2.75) is 13.5 Å². The molecule has 0 unspecified atom stereocenters. The van der Waals surface area contributed by atoms with Gasteiger partial charge in [-0.05, 0) is 36.8 Å². The van der Waals surface area contributed by atoms with Crippen molar-refractivity contribution in [3.05, 3.63) is 70.6 Å². The Morgan fingerprint density at radius 3 is 2.76 bits per heavy atom. The molecule has 0 fully saturated rings. The van der Waals surface area contributed by atoms with Crippen LogP contribution in [0, 0.1) is 12.7 Å². The predicted molar refractivity (Wildman–Crippen MR) is 85.2 cm³/mol. The highest BCUT2D eigenvalue weighted by molar-refractivity contribution is 6.30. The van der Waals surface area contributed by atoms with E-state index in [1.54, 1.807) is 12.1 Å². The summed E-state index contributed by atoms with van der Waals surface area (Å²) in [6, 6.07) is 14.7. The molecule has 0 radical (unpaired) electrons. The lowest BCUT2D eigenvalue weighted by Crippen LogP contribution is -2.01. The Morgan fingerprint density at radius 1 is 1.14 bits per heavy atom. The summed E-state index contributed by atoms with van der Waals surface area (Å²) >= 11 is 5.80. The van der Waals surface area contributed by atoms with Crippen molar-refractivity contribution in [2.24, 2.45) is 0 Å². The number of anilines is 1. The molecule has 1 aromatic heterocycles. The third-order valence-corrected chi connectivity index (χ3v) is 3.60. The van der Waals surface area contributed by atoms with Crippen LogP contribution in [0.1, 0.15) is 11.3 Å². The first-order valence-electron chi connectivity index (χ1n) is 6.68. The minimum Gasteiger partial charge on any atom is -0.380 e. The molecule has 21 heavy (non-hydrogen) atoms. The number of fused-ring (bicyclic) bond motifs is 1. The molecule has 0 saturated carbocycles. The van der Waals surface area contributed by atoms with E-state index in [0.717, 1.165) is 27.8 Å². The molecule has 4 heteroatoms. The summed E-state index contributed by atoms with van der Waals surface area (Å²) in [6.45, 7) is 2.54. The molecule has 0 bridgehead atoms. The number of aryl methyl sites for hydroxylation is 1. The zero-order valence-electron chi connectivity index (χ0n) is 11.5. The number of hydrogen-bond acceptors (Lipinski definition) is 2. The molecule has 1 heterocycles. The van der Waals surface area contributed by atoms with Gasteiger partial charge in [0.25, 0.3) is 0 Å². The molecule has 0 aliphatic rings. The molecule has 106 valence electrons. The van der Waals surface area contributed by atoms with Gasteiger partial charge in [0.1, 0.15) is 5.82 Å². The zero-order chi connectivity index (χ0) is 14.8. The van der Waals surface area contributed by atoms with Gasteiger partial charge >= 0.3 is 0 Å². The van der Waals surface area contributed by atoms with Crippen molar-refractivity contribution < 1.29 is 4.39 Å². The van der Waals surface area contributed by atoms with Gasteiger partial charge in [-0.2, -0.15) is 0 Å². The number of hydrogen-bond donors (Lipinski definition) is 1. The van der Waals surface area contributed by atoms with E-state index in [-0.39, 0.29) is 5.02 Å². The number of benzene rings is 2. The van der Waals surface area contributed by atoms with Crippen LogP contribution in [0.2, 0.25) is 5.02 Å². The van der Waals surface area contributed by atoms with Crippen LogP contribution in [0.25, 0.3) is 10.9 Å². The molecule has 0 spiro atoms. The summed E-state index contributed by atoms with van der Waals surface area (Å²) in [6.07, 6.45) is 0. The van der Waals surface area contributed by atoms with E-state index in [9.17, 15) is 4.39 Å². The average molecular weight is 301 g/mol. The molecule has 0 aliphatic carbocycles. The molecule has 0 aliphatic heterocycles. The quantitative estimate of drug-likeness (QED) is 0.740. The van der Waals surface area contributed by atoms with E-state index in [0.29, 0.717) is 6.54 Å². The van der Waals surface area contributed by atoms with Crippen LogP contribution in [-0.2, 0) is 6.54 Å². The fraction of sp³-hybridized carbons (Fsp3) is 0.118. The van der Waals surface area contributed by atoms with Crippen LogP contribution in [0.15, 0.2) is 48.5 Å². The first-order chi connectivity index (χ1) is 10.1. The lowest BCUT2D eigenvalue weighted by atomic mass is 10.1. The van der Waals surface area contributed by atoms with Gasteiger partial charge in [0.15, 0.2) is 0 Å². The van der Waals surface area contributed by atoms with E-state index in [1.807, 2.05) is 37.3 Å². The van der Waals surface area contributed by atoms with Gasteiger partial charge in [0.2, 0.25) is 0 Å². The van der Waals surface area contributed by atoms with Crippen molar-refractivity contribution in [3.8, 4) is 0 Å². The van der Waals surface area contributed by atoms with Crippen LogP contribution in [-0.4, -0.2) is 4.98 Å². The molecule has 2 aromatic carbocycles. The smallest absolute Gasteiger partial charge is 0.141 e. The lowest BCUT2D eigenvalue weighted by molar-refractivity contribution is 0.627. The zero-order valence-corrected chi connectivity index (χ0v) is 12.3. The summed E-state index contributed by atoms with van der Waals surface area (Å²) in [5.41, 5.74) is 3.85. The molecule has 0 amide bonds. The SMILES string of the molecule is Cc1cc(NCc2ccc(F)c(Cl)c2)c2ccccc2n1. The fourth-order valence-corrected chi connectivity index (χ4v) is 2.50. The predicted octanol–water partition coefficient (Wildman–Crippen LogP) is 4.95. The Hall–Kier alpha value is -2.13. The van der Waals surface area contributed by atoms with Gasteiger partial charge in [0, 0.05) is 23.3 Å². The normalized spacial score (nSPS) is 10.8. The van der Waals surface area contributed by atoms with E-state index < -0.39 is 5.82 Å². The molecule has 1 N–H and O–H groups in total. The molecular formula is C17H14ClFN2. The van der Waals surface area contributed by atoms with Crippen molar-refractivity contribution in [1.29, 1.82) is 0 Å². The number of nitrogens with zero attached hydrogens (tertiary/aromatic N) is 1. The van der Waals surface area contributed by atoms with Crippen molar-refractivity contribution in [2.75, 3.05) is 5.32 Å². The van der Waals surface area contributed by atoms with E-state index in [1.165, 1.54) is 6.07 Å². The number of pyridine rings is 1. The number of nitrogens with one attached hydrogen (secondary N) is 1. The highest BCUT2D eigenvalue weighted by Gasteiger charge is 2.05. The topological polar surface area (TPSA) is 24.9 Å². The third-order valence-electron chi connectivity index (χ3n) is 3.31. The van der Waals surface area contributed by atoms with Crippen molar-refractivity contribution >= 4 is 28.2 Å². The van der Waals surface area contributed by atoms with Gasteiger partial charge in [-0.1, -0.05) is 35.9 Å². The largest absolute Gasteiger partial charge is 0.380 e. The maximum Gasteiger partial charge on any atom is 0.141 e. The summed E-state index contributed by atoms with van der Waals surface area (Å²) in [5, 5.41) is 4.58. The number of aromatic nitrogens is 1. The van der Waals surface area contributed by atoms with Gasteiger partial charge in [-0.3, -0.25) is 4.98 Å². The second kappa shape index (κ2) is 5.70. The first-order valence-corrected chi connectivity index (χ1v) is 7.05. The van der Waals surface area contributed by atoms with Crippen LogP contribution >= 0.6 is 11.6 Å². The Bertz CT molecular complexity index is 802. The summed E-state index contributed by atoms with van der Waals surface area (Å²) < 4.78 is 13.2. The van der Waals surface area contributed by atoms with Gasteiger partial charge in [-0.25, -0.2) is 4.39 Å². The molecule has 3 aromatic rings. The van der Waals surface area contributed by atoms with Crippen LogP contribution < -0.4 is 5.32 Å². The van der Waals surface area contributed by atoms with E-state index >= 15 is 0 Å². The molecular weight excluding hydrogens is 287 g/mol. The molecule has 0 saturated heterocycles. The second-order valence-corrected chi connectivity index (χ2v) is 5.34. The van der Waals surface area contributed by atoms with Crippen LogP contribution in [0.4, 0.5) is 10.1 Å². The maximum absolute atomic E-state index is 13.2. The number of halogens is 2. The molecule has 0 atom stereocenters. The minimum absolute atomic E-state index is 0.144. The number of rotatable bonds is 3. The van der Waals surface area contributed by atoms with Gasteiger partial charge in [0.05, 0.1) is 10.5 Å². The first kappa shape index (κ1) is 13.8. The third kappa shape index (κ3) is 2.98.